The fourth-order valence-corrected chi connectivity index (χ4v) is 2.89. The quantitative estimate of drug-likeness (QED) is 0.709. The zero-order valence-corrected chi connectivity index (χ0v) is 12.8. The summed E-state index contributed by atoms with van der Waals surface area (Å²) < 4.78 is 31.7. The maximum absolute atomic E-state index is 12.1. The van der Waals surface area contributed by atoms with Crippen LogP contribution in [0, 0.1) is 0 Å². The minimum Gasteiger partial charge on any atom is -0.478 e. The van der Waals surface area contributed by atoms with E-state index in [1.54, 1.807) is 26.2 Å². The van der Waals surface area contributed by atoms with Crippen LogP contribution in [0.15, 0.2) is 35.2 Å². The second kappa shape index (κ2) is 7.92. The number of carboxylic acids is 1. The minimum absolute atomic E-state index is 0.138. The van der Waals surface area contributed by atoms with Gasteiger partial charge in [0.1, 0.15) is 0 Å². The van der Waals surface area contributed by atoms with Crippen molar-refractivity contribution in [1.29, 1.82) is 0 Å². The molecule has 0 aliphatic carbocycles. The van der Waals surface area contributed by atoms with E-state index in [9.17, 15) is 13.2 Å². The van der Waals surface area contributed by atoms with E-state index < -0.39 is 16.0 Å². The smallest absolute Gasteiger partial charge is 0.328 e. The van der Waals surface area contributed by atoms with Gasteiger partial charge in [-0.3, -0.25) is 0 Å². The number of benzene rings is 1. The Bertz CT molecular complexity index is 592. The number of ether oxygens (including phenoxy) is 1. The summed E-state index contributed by atoms with van der Waals surface area (Å²) in [4.78, 5) is 10.5. The van der Waals surface area contributed by atoms with Gasteiger partial charge in [-0.25, -0.2) is 17.9 Å². The Balaban J connectivity index is 2.78. The van der Waals surface area contributed by atoms with Crippen LogP contribution in [0.1, 0.15) is 18.9 Å². The van der Waals surface area contributed by atoms with Gasteiger partial charge in [-0.05, 0) is 37.1 Å². The van der Waals surface area contributed by atoms with Crippen LogP contribution in [0.4, 0.5) is 0 Å². The van der Waals surface area contributed by atoms with Crippen LogP contribution >= 0.6 is 0 Å². The van der Waals surface area contributed by atoms with Crippen LogP contribution in [-0.4, -0.2) is 39.3 Å². The molecule has 0 fully saturated rings. The summed E-state index contributed by atoms with van der Waals surface area (Å²) in [6.07, 6.45) is 2.97. The highest BCUT2D eigenvalue weighted by molar-refractivity contribution is 7.89. The first kappa shape index (κ1) is 17.4. The van der Waals surface area contributed by atoms with Crippen molar-refractivity contribution in [2.45, 2.75) is 24.3 Å². The number of methoxy groups -OCH3 is 1. The van der Waals surface area contributed by atoms with Crippen molar-refractivity contribution in [3.8, 4) is 0 Å². The Kier molecular flexibility index (Phi) is 6.54. The Morgan fingerprint density at radius 1 is 1.38 bits per heavy atom. The Hall–Kier alpha value is -1.70. The molecule has 1 aromatic rings. The SMILES string of the molecule is COCCC(C)NS(=O)(=O)c1ccc(C=CC(=O)O)cc1. The number of nitrogens with one attached hydrogen (secondary N) is 1. The maximum atomic E-state index is 12.1. The molecule has 0 aliphatic rings. The molecule has 6 nitrogen and oxygen atoms in total. The largest absolute Gasteiger partial charge is 0.478 e. The summed E-state index contributed by atoms with van der Waals surface area (Å²) in [5.41, 5.74) is 0.615. The number of carboxylic acid groups (broad SMARTS) is 1. The van der Waals surface area contributed by atoms with Gasteiger partial charge in [0.2, 0.25) is 10.0 Å². The fraction of sp³-hybridized carbons (Fsp3) is 0.357. The molecule has 0 spiro atoms. The molecule has 0 aliphatic heterocycles. The number of hydrogen-bond donors (Lipinski definition) is 2. The first-order chi connectivity index (χ1) is 9.85. The number of sulfonamides is 1. The molecule has 0 bridgehead atoms. The highest BCUT2D eigenvalue weighted by Gasteiger charge is 2.16. The van der Waals surface area contributed by atoms with Crippen LogP contribution in [0.25, 0.3) is 6.08 Å². The monoisotopic (exact) mass is 313 g/mol. The summed E-state index contributed by atoms with van der Waals surface area (Å²) in [7, 11) is -2.02. The second-order valence-electron chi connectivity index (χ2n) is 4.54. The van der Waals surface area contributed by atoms with Gasteiger partial charge in [0.15, 0.2) is 0 Å². The normalized spacial score (nSPS) is 13.4. The molecule has 7 heteroatoms. The zero-order chi connectivity index (χ0) is 15.9. The lowest BCUT2D eigenvalue weighted by atomic mass is 10.2. The first-order valence-electron chi connectivity index (χ1n) is 6.37. The van der Waals surface area contributed by atoms with Crippen molar-refractivity contribution >= 4 is 22.1 Å². The van der Waals surface area contributed by atoms with Crippen LogP contribution < -0.4 is 4.72 Å². The number of aliphatic carboxylic acids is 1. The van der Waals surface area contributed by atoms with E-state index in [2.05, 4.69) is 4.72 Å². The van der Waals surface area contributed by atoms with Gasteiger partial charge in [0.05, 0.1) is 4.90 Å². The van der Waals surface area contributed by atoms with Crippen molar-refractivity contribution < 1.29 is 23.1 Å². The predicted octanol–water partition coefficient (Wildman–Crippen LogP) is 1.49. The third-order valence-corrected chi connectivity index (χ3v) is 4.33. The Morgan fingerprint density at radius 2 is 2.00 bits per heavy atom. The average molecular weight is 313 g/mol. The van der Waals surface area contributed by atoms with Gasteiger partial charge >= 0.3 is 5.97 Å². The van der Waals surface area contributed by atoms with Gasteiger partial charge < -0.3 is 9.84 Å². The Morgan fingerprint density at radius 3 is 2.52 bits per heavy atom. The lowest BCUT2D eigenvalue weighted by Gasteiger charge is -2.13. The standard InChI is InChI=1S/C14H19NO5S/c1-11(9-10-20-2)15-21(18,19)13-6-3-12(4-7-13)5-8-14(16)17/h3-8,11,15H,9-10H2,1-2H3,(H,16,17). The summed E-state index contributed by atoms with van der Waals surface area (Å²) in [5.74, 6) is -1.06. The van der Waals surface area contributed by atoms with Gasteiger partial charge in [0, 0.05) is 25.8 Å². The average Bonchev–Trinajstić information content (AvgIpc) is 2.43. The number of carbonyl (C=O) groups is 1. The molecule has 2 N–H and O–H groups in total. The molecule has 0 heterocycles. The van der Waals surface area contributed by atoms with E-state index in [-0.39, 0.29) is 10.9 Å². The van der Waals surface area contributed by atoms with Crippen LogP contribution in [0.3, 0.4) is 0 Å². The molecule has 0 amide bonds. The van der Waals surface area contributed by atoms with Crippen molar-refractivity contribution in [2.24, 2.45) is 0 Å². The summed E-state index contributed by atoms with van der Waals surface area (Å²) in [5, 5.41) is 8.53. The van der Waals surface area contributed by atoms with E-state index in [1.165, 1.54) is 18.2 Å². The molecule has 0 aromatic heterocycles. The first-order valence-corrected chi connectivity index (χ1v) is 7.86. The van der Waals surface area contributed by atoms with Gasteiger partial charge in [0.25, 0.3) is 0 Å². The third-order valence-electron chi connectivity index (χ3n) is 2.72. The molecular formula is C14H19NO5S. The van der Waals surface area contributed by atoms with E-state index in [0.29, 0.717) is 18.6 Å². The van der Waals surface area contributed by atoms with Crippen LogP contribution in [0.5, 0.6) is 0 Å². The van der Waals surface area contributed by atoms with E-state index in [4.69, 9.17) is 9.84 Å². The van der Waals surface area contributed by atoms with Gasteiger partial charge in [-0.2, -0.15) is 0 Å². The van der Waals surface area contributed by atoms with Crippen molar-refractivity contribution in [2.75, 3.05) is 13.7 Å². The van der Waals surface area contributed by atoms with E-state index in [1.807, 2.05) is 0 Å². The van der Waals surface area contributed by atoms with Gasteiger partial charge in [-0.15, -0.1) is 0 Å². The van der Waals surface area contributed by atoms with Crippen molar-refractivity contribution in [3.05, 3.63) is 35.9 Å². The number of hydrogen-bond acceptors (Lipinski definition) is 4. The lowest BCUT2D eigenvalue weighted by molar-refractivity contribution is -0.131. The van der Waals surface area contributed by atoms with Crippen molar-refractivity contribution in [3.63, 3.8) is 0 Å². The molecule has 0 radical (unpaired) electrons. The van der Waals surface area contributed by atoms with Gasteiger partial charge in [-0.1, -0.05) is 12.1 Å². The molecule has 1 rings (SSSR count). The maximum Gasteiger partial charge on any atom is 0.328 e. The molecule has 1 atom stereocenters. The van der Waals surface area contributed by atoms with Crippen LogP contribution in [-0.2, 0) is 19.6 Å². The van der Waals surface area contributed by atoms with E-state index >= 15 is 0 Å². The van der Waals surface area contributed by atoms with E-state index in [0.717, 1.165) is 6.08 Å². The molecular weight excluding hydrogens is 294 g/mol. The van der Waals surface area contributed by atoms with Crippen molar-refractivity contribution in [1.82, 2.24) is 4.72 Å². The summed E-state index contributed by atoms with van der Waals surface area (Å²) in [6.45, 7) is 2.24. The Labute approximate surface area is 124 Å². The molecule has 116 valence electrons. The molecule has 0 saturated carbocycles. The molecule has 1 aromatic carbocycles. The third kappa shape index (κ3) is 6.07. The molecule has 0 saturated heterocycles. The second-order valence-corrected chi connectivity index (χ2v) is 6.26. The zero-order valence-electron chi connectivity index (χ0n) is 11.9. The summed E-state index contributed by atoms with van der Waals surface area (Å²) in [6, 6.07) is 5.74. The lowest BCUT2D eigenvalue weighted by Crippen LogP contribution is -2.33. The minimum atomic E-state index is -3.58. The highest BCUT2D eigenvalue weighted by atomic mass is 32.2. The molecule has 21 heavy (non-hydrogen) atoms. The predicted molar refractivity (Wildman–Crippen MR) is 79.4 cm³/mol. The highest BCUT2D eigenvalue weighted by Crippen LogP contribution is 2.12. The van der Waals surface area contributed by atoms with Crippen LogP contribution in [0.2, 0.25) is 0 Å². The fourth-order valence-electron chi connectivity index (χ4n) is 1.61. The summed E-state index contributed by atoms with van der Waals surface area (Å²) >= 11 is 0. The molecule has 1 unspecified atom stereocenters. The number of rotatable bonds is 8. The topological polar surface area (TPSA) is 92.7 Å².